The zero-order valence-electron chi connectivity index (χ0n) is 14.3. The Morgan fingerprint density at radius 3 is 2.50 bits per heavy atom. The number of benzene rings is 2. The monoisotopic (exact) mass is 375 g/mol. The molecule has 8 heteroatoms. The van der Waals surface area contributed by atoms with Gasteiger partial charge in [-0.05, 0) is 55.0 Å². The van der Waals surface area contributed by atoms with E-state index in [1.165, 1.54) is 13.3 Å². The largest absolute Gasteiger partial charge is 0.493 e. The van der Waals surface area contributed by atoms with Crippen molar-refractivity contribution < 1.29 is 19.1 Å². The fraction of sp³-hybridized carbons (Fsp3) is 0.167. The normalized spacial score (nSPS) is 10.4. The molecule has 7 nitrogen and oxygen atoms in total. The van der Waals surface area contributed by atoms with Crippen LogP contribution in [-0.4, -0.2) is 31.7 Å². The van der Waals surface area contributed by atoms with Gasteiger partial charge in [-0.3, -0.25) is 9.59 Å². The van der Waals surface area contributed by atoms with Gasteiger partial charge in [0.15, 0.2) is 11.5 Å². The second-order valence-corrected chi connectivity index (χ2v) is 5.44. The fourth-order valence-electron chi connectivity index (χ4n) is 1.98. The van der Waals surface area contributed by atoms with E-state index in [-0.39, 0.29) is 0 Å². The second kappa shape index (κ2) is 9.43. The van der Waals surface area contributed by atoms with Crippen LogP contribution in [0.15, 0.2) is 47.6 Å². The van der Waals surface area contributed by atoms with Crippen LogP contribution in [-0.2, 0) is 9.59 Å². The second-order valence-electron chi connectivity index (χ2n) is 5.00. The summed E-state index contributed by atoms with van der Waals surface area (Å²) in [6, 6.07) is 11.6. The van der Waals surface area contributed by atoms with Crippen LogP contribution in [0.3, 0.4) is 0 Å². The number of carbonyl (C=O) groups excluding carboxylic acids is 2. The lowest BCUT2D eigenvalue weighted by Crippen LogP contribution is -2.32. The molecule has 0 aliphatic rings. The van der Waals surface area contributed by atoms with Gasteiger partial charge in [-0.25, -0.2) is 5.43 Å². The highest BCUT2D eigenvalue weighted by Crippen LogP contribution is 2.27. The van der Waals surface area contributed by atoms with E-state index in [4.69, 9.17) is 21.1 Å². The molecule has 2 N–H and O–H groups in total. The van der Waals surface area contributed by atoms with Crippen LogP contribution in [0.4, 0.5) is 5.69 Å². The van der Waals surface area contributed by atoms with Gasteiger partial charge in [-0.15, -0.1) is 0 Å². The molecule has 136 valence electrons. The average Bonchev–Trinajstić information content (AvgIpc) is 2.64. The first-order valence-electron chi connectivity index (χ1n) is 7.74. The van der Waals surface area contributed by atoms with E-state index in [1.807, 2.05) is 6.92 Å². The van der Waals surface area contributed by atoms with E-state index in [1.54, 1.807) is 42.5 Å². The lowest BCUT2D eigenvalue weighted by molar-refractivity contribution is -0.136. The molecule has 0 atom stereocenters. The molecule has 0 fully saturated rings. The molecule has 2 amide bonds. The Balaban J connectivity index is 1.93. The molecular weight excluding hydrogens is 358 g/mol. The number of hydrogen-bond donors (Lipinski definition) is 2. The first kappa shape index (κ1) is 19.3. The molecule has 2 aromatic carbocycles. The van der Waals surface area contributed by atoms with Crippen LogP contribution < -0.4 is 20.2 Å². The lowest BCUT2D eigenvalue weighted by Gasteiger charge is -2.09. The number of nitrogens with one attached hydrogen (secondary N) is 2. The molecule has 0 aliphatic heterocycles. The van der Waals surface area contributed by atoms with Gasteiger partial charge in [-0.1, -0.05) is 11.6 Å². The minimum Gasteiger partial charge on any atom is -0.493 e. The molecule has 2 rings (SSSR count). The summed E-state index contributed by atoms with van der Waals surface area (Å²) in [6.45, 7) is 2.39. The van der Waals surface area contributed by atoms with Crippen molar-refractivity contribution in [2.24, 2.45) is 5.10 Å². The van der Waals surface area contributed by atoms with Gasteiger partial charge in [-0.2, -0.15) is 5.10 Å². The van der Waals surface area contributed by atoms with E-state index < -0.39 is 11.8 Å². The third-order valence-corrected chi connectivity index (χ3v) is 3.43. The molecule has 0 unspecified atom stereocenters. The number of hydrogen-bond acceptors (Lipinski definition) is 5. The molecule has 0 spiro atoms. The molecule has 0 bridgehead atoms. The molecular formula is C18H18ClN3O4. The van der Waals surface area contributed by atoms with Crippen molar-refractivity contribution in [2.75, 3.05) is 19.0 Å². The predicted molar refractivity (Wildman–Crippen MR) is 100.0 cm³/mol. The van der Waals surface area contributed by atoms with Crippen LogP contribution in [0, 0.1) is 0 Å². The standard InChI is InChI=1S/C18H18ClN3O4/c1-3-26-15-9-4-12(10-16(15)25-2)11-20-22-18(24)17(23)21-14-7-5-13(19)6-8-14/h4-11H,3H2,1-2H3,(H,21,23)(H,22,24)/b20-11-. The van der Waals surface area contributed by atoms with Crippen LogP contribution in [0.1, 0.15) is 12.5 Å². The number of halogens is 1. The highest BCUT2D eigenvalue weighted by Gasteiger charge is 2.12. The summed E-state index contributed by atoms with van der Waals surface area (Å²) in [5.41, 5.74) is 3.28. The molecule has 0 radical (unpaired) electrons. The highest BCUT2D eigenvalue weighted by molar-refractivity contribution is 6.39. The predicted octanol–water partition coefficient (Wildman–Crippen LogP) is 2.84. The quantitative estimate of drug-likeness (QED) is 0.461. The number of anilines is 1. The molecule has 26 heavy (non-hydrogen) atoms. The van der Waals surface area contributed by atoms with Crippen molar-refractivity contribution in [3.63, 3.8) is 0 Å². The minimum absolute atomic E-state index is 0.453. The summed E-state index contributed by atoms with van der Waals surface area (Å²) < 4.78 is 10.7. The molecule has 0 aromatic heterocycles. The van der Waals surface area contributed by atoms with E-state index >= 15 is 0 Å². The molecule has 0 saturated carbocycles. The minimum atomic E-state index is -0.894. The third kappa shape index (κ3) is 5.49. The van der Waals surface area contributed by atoms with Crippen molar-refractivity contribution in [1.82, 2.24) is 5.43 Å². The van der Waals surface area contributed by atoms with E-state index in [0.29, 0.717) is 34.4 Å². The Morgan fingerprint density at radius 2 is 1.85 bits per heavy atom. The Labute approximate surface area is 155 Å². The first-order valence-corrected chi connectivity index (χ1v) is 8.12. The van der Waals surface area contributed by atoms with E-state index in [9.17, 15) is 9.59 Å². The maximum atomic E-state index is 11.8. The topological polar surface area (TPSA) is 89.0 Å². The Morgan fingerprint density at radius 1 is 1.12 bits per heavy atom. The average molecular weight is 376 g/mol. The van der Waals surface area contributed by atoms with E-state index in [0.717, 1.165) is 0 Å². The van der Waals surface area contributed by atoms with Gasteiger partial charge in [0, 0.05) is 10.7 Å². The summed E-state index contributed by atoms with van der Waals surface area (Å²) in [5, 5.41) is 6.73. The molecule has 0 saturated heterocycles. The van der Waals surface area contributed by atoms with Crippen LogP contribution in [0.2, 0.25) is 5.02 Å². The zero-order valence-corrected chi connectivity index (χ0v) is 15.0. The van der Waals surface area contributed by atoms with Gasteiger partial charge in [0.2, 0.25) is 0 Å². The van der Waals surface area contributed by atoms with Crippen LogP contribution >= 0.6 is 11.6 Å². The highest BCUT2D eigenvalue weighted by atomic mass is 35.5. The van der Waals surface area contributed by atoms with Crippen LogP contribution in [0.5, 0.6) is 11.5 Å². The summed E-state index contributed by atoms with van der Waals surface area (Å²) >= 11 is 5.76. The first-order chi connectivity index (χ1) is 12.5. The third-order valence-electron chi connectivity index (χ3n) is 3.18. The number of rotatable bonds is 6. The Bertz CT molecular complexity index is 807. The smallest absolute Gasteiger partial charge is 0.329 e. The van der Waals surface area contributed by atoms with Gasteiger partial charge in [0.1, 0.15) is 0 Å². The fourth-order valence-corrected chi connectivity index (χ4v) is 2.10. The molecule has 0 heterocycles. The summed E-state index contributed by atoms with van der Waals surface area (Å²) in [7, 11) is 1.53. The number of amides is 2. The van der Waals surface area contributed by atoms with Crippen molar-refractivity contribution in [3.05, 3.63) is 53.1 Å². The van der Waals surface area contributed by atoms with Gasteiger partial charge in [0.05, 0.1) is 19.9 Å². The number of methoxy groups -OCH3 is 1. The van der Waals surface area contributed by atoms with Crippen molar-refractivity contribution in [1.29, 1.82) is 0 Å². The maximum absolute atomic E-state index is 11.8. The summed E-state index contributed by atoms with van der Waals surface area (Å²) in [4.78, 5) is 23.5. The van der Waals surface area contributed by atoms with E-state index in [2.05, 4.69) is 15.8 Å². The SMILES string of the molecule is CCOc1ccc(/C=N\NC(=O)C(=O)Nc2ccc(Cl)cc2)cc1OC. The van der Waals surface area contributed by atoms with Crippen molar-refractivity contribution >= 4 is 35.3 Å². The van der Waals surface area contributed by atoms with Gasteiger partial charge in [0.25, 0.3) is 0 Å². The van der Waals surface area contributed by atoms with Crippen LogP contribution in [0.25, 0.3) is 0 Å². The van der Waals surface area contributed by atoms with Gasteiger partial charge >= 0.3 is 11.8 Å². The summed E-state index contributed by atoms with van der Waals surface area (Å²) in [5.74, 6) is -0.580. The summed E-state index contributed by atoms with van der Waals surface area (Å²) in [6.07, 6.45) is 1.39. The molecule has 0 aliphatic carbocycles. The number of nitrogens with zero attached hydrogens (tertiary/aromatic N) is 1. The Kier molecular flexibility index (Phi) is 6.99. The number of hydrazone groups is 1. The zero-order chi connectivity index (χ0) is 18.9. The lowest BCUT2D eigenvalue weighted by atomic mass is 10.2. The number of carbonyl (C=O) groups is 2. The maximum Gasteiger partial charge on any atom is 0.329 e. The Hall–Kier alpha value is -3.06. The number of ether oxygens (including phenoxy) is 2. The molecule has 2 aromatic rings. The van der Waals surface area contributed by atoms with Crippen molar-refractivity contribution in [3.8, 4) is 11.5 Å². The van der Waals surface area contributed by atoms with Crippen molar-refractivity contribution in [2.45, 2.75) is 6.92 Å². The van der Waals surface area contributed by atoms with Gasteiger partial charge < -0.3 is 14.8 Å².